The van der Waals surface area contributed by atoms with Gasteiger partial charge < -0.3 is 19.4 Å². The second kappa shape index (κ2) is 10.0. The van der Waals surface area contributed by atoms with Gasteiger partial charge in [-0.1, -0.05) is 66.8 Å². The van der Waals surface area contributed by atoms with Gasteiger partial charge in [0, 0.05) is 55.0 Å². The van der Waals surface area contributed by atoms with E-state index in [4.69, 9.17) is 4.74 Å². The summed E-state index contributed by atoms with van der Waals surface area (Å²) in [6, 6.07) is 8.33. The average molecular weight is 521 g/mol. The highest BCUT2D eigenvalue weighted by Gasteiger charge is 2.65. The number of fused-ring (bicyclic) bond motifs is 4. The van der Waals surface area contributed by atoms with Crippen LogP contribution in [0.5, 0.6) is 0 Å². The van der Waals surface area contributed by atoms with Crippen molar-refractivity contribution in [2.24, 2.45) is 11.3 Å². The van der Waals surface area contributed by atoms with Crippen molar-refractivity contribution in [1.29, 1.82) is 0 Å². The molecule has 2 atom stereocenters. The van der Waals surface area contributed by atoms with Crippen LogP contribution < -0.4 is 0 Å². The maximum absolute atomic E-state index is 13.8. The van der Waals surface area contributed by atoms with Crippen LogP contribution in [-0.4, -0.2) is 73.5 Å². The number of rotatable bonds is 5. The molecule has 2 amide bonds. The number of allylic oxidation sites excluding steroid dienone is 8. The lowest BCUT2D eigenvalue weighted by Gasteiger charge is -2.31. The van der Waals surface area contributed by atoms with Crippen molar-refractivity contribution >= 4 is 23.6 Å². The highest BCUT2D eigenvalue weighted by atomic mass is 16.5. The maximum Gasteiger partial charge on any atom is 0.253 e. The van der Waals surface area contributed by atoms with Crippen molar-refractivity contribution in [3.8, 4) is 0 Å². The zero-order valence-electron chi connectivity index (χ0n) is 22.6. The van der Waals surface area contributed by atoms with Gasteiger partial charge in [-0.05, 0) is 42.6 Å². The van der Waals surface area contributed by atoms with Crippen molar-refractivity contribution in [3.63, 3.8) is 0 Å². The molecular formula is C33H34N3O3. The molecule has 3 heterocycles. The van der Waals surface area contributed by atoms with Crippen LogP contribution in [0.25, 0.3) is 11.8 Å². The van der Waals surface area contributed by atoms with Crippen LogP contribution in [0.3, 0.4) is 0 Å². The highest BCUT2D eigenvalue weighted by Crippen LogP contribution is 2.71. The summed E-state index contributed by atoms with van der Waals surface area (Å²) in [6.07, 6.45) is 19.2. The first-order valence-corrected chi connectivity index (χ1v) is 13.6. The fourth-order valence-electron chi connectivity index (χ4n) is 6.34. The number of nitrogens with zero attached hydrogens (tertiary/aromatic N) is 3. The Kier molecular flexibility index (Phi) is 6.51. The molecule has 1 saturated heterocycles. The molecule has 0 aromatic heterocycles. The molecule has 2 aliphatic carbocycles. The van der Waals surface area contributed by atoms with E-state index in [1.54, 1.807) is 25.1 Å². The van der Waals surface area contributed by atoms with Crippen molar-refractivity contribution in [2.45, 2.75) is 6.42 Å². The molecule has 39 heavy (non-hydrogen) atoms. The minimum atomic E-state index is -0.185. The molecule has 5 aliphatic rings. The summed E-state index contributed by atoms with van der Waals surface area (Å²) < 4.78 is 5.50. The minimum absolute atomic E-state index is 0.00631. The first-order chi connectivity index (χ1) is 19.0. The van der Waals surface area contributed by atoms with E-state index in [9.17, 15) is 9.59 Å². The normalized spacial score (nSPS) is 25.6. The highest BCUT2D eigenvalue weighted by molar-refractivity contribution is 6.02. The standard InChI is InChI=1S/C33H34N3O3/c1-4-5-6-7-8-13-28-30-27-12-10-9-11-23(27)18-25(32(38)35-14-16-39-17-15-35)22-36(30)29-20-24(31(37)34(2)3)19-26-21-33(26,28)29/h4-13,18-20,26H,1,14-17,21-22H2,2-3H3/b5-4-,7-6+,13-8+. The van der Waals surface area contributed by atoms with Gasteiger partial charge in [-0.2, -0.15) is 0 Å². The first-order valence-electron chi connectivity index (χ1n) is 13.6. The third-order valence-corrected chi connectivity index (χ3v) is 8.27. The zero-order valence-corrected chi connectivity index (χ0v) is 22.6. The lowest BCUT2D eigenvalue weighted by Crippen LogP contribution is -2.42. The molecule has 6 heteroatoms. The Labute approximate surface area is 230 Å². The summed E-state index contributed by atoms with van der Waals surface area (Å²) in [4.78, 5) is 32.7. The smallest absolute Gasteiger partial charge is 0.253 e. The van der Waals surface area contributed by atoms with Crippen LogP contribution in [0.4, 0.5) is 0 Å². The largest absolute Gasteiger partial charge is 0.378 e. The SMILES string of the molecule is [CH2]\C=C/C=C/C=C/C1=C2c3ccccc3C=C(C(=O)N3CCOCC3)CN2C2=CC(C(=O)N(C)C)=CC3CC213. The number of hydrogen-bond acceptors (Lipinski definition) is 4. The predicted octanol–water partition coefficient (Wildman–Crippen LogP) is 4.39. The van der Waals surface area contributed by atoms with Gasteiger partial charge in [0.2, 0.25) is 0 Å². The Morgan fingerprint density at radius 3 is 2.62 bits per heavy atom. The zero-order chi connectivity index (χ0) is 27.1. The Balaban J connectivity index is 1.50. The molecule has 0 bridgehead atoms. The molecule has 3 aliphatic heterocycles. The molecule has 0 N–H and O–H groups in total. The molecule has 1 saturated carbocycles. The van der Waals surface area contributed by atoms with E-state index in [-0.39, 0.29) is 23.1 Å². The van der Waals surface area contributed by atoms with Crippen LogP contribution in [-0.2, 0) is 14.3 Å². The second-order valence-electron chi connectivity index (χ2n) is 10.8. The number of morpholine rings is 1. The minimum Gasteiger partial charge on any atom is -0.378 e. The van der Waals surface area contributed by atoms with Crippen LogP contribution in [0.15, 0.2) is 95.3 Å². The Hall–Kier alpha value is -3.90. The molecule has 199 valence electrons. The number of likely N-dealkylation sites (N-methyl/N-ethyl adjacent to an activating group) is 1. The van der Waals surface area contributed by atoms with Crippen molar-refractivity contribution in [3.05, 3.63) is 113 Å². The lowest BCUT2D eigenvalue weighted by molar-refractivity contribution is -0.131. The van der Waals surface area contributed by atoms with Crippen molar-refractivity contribution < 1.29 is 14.3 Å². The van der Waals surface area contributed by atoms with E-state index < -0.39 is 0 Å². The Morgan fingerprint density at radius 2 is 1.85 bits per heavy atom. The van der Waals surface area contributed by atoms with E-state index in [2.05, 4.69) is 60.4 Å². The summed E-state index contributed by atoms with van der Waals surface area (Å²) in [7, 11) is 3.58. The number of ether oxygens (including phenoxy) is 1. The van der Waals surface area contributed by atoms with E-state index in [1.165, 1.54) is 5.57 Å². The van der Waals surface area contributed by atoms with Crippen LogP contribution in [0.1, 0.15) is 17.5 Å². The topological polar surface area (TPSA) is 53.1 Å². The third-order valence-electron chi connectivity index (χ3n) is 8.27. The van der Waals surface area contributed by atoms with Gasteiger partial charge in [0.1, 0.15) is 0 Å². The van der Waals surface area contributed by atoms with Gasteiger partial charge in [-0.25, -0.2) is 0 Å². The number of hydrogen-bond donors (Lipinski definition) is 0. The van der Waals surface area contributed by atoms with Crippen molar-refractivity contribution in [1.82, 2.24) is 14.7 Å². The molecule has 1 aromatic carbocycles. The summed E-state index contributed by atoms with van der Waals surface area (Å²) >= 11 is 0. The fraction of sp³-hybridized carbons (Fsp3) is 0.303. The van der Waals surface area contributed by atoms with Crippen molar-refractivity contribution in [2.75, 3.05) is 46.9 Å². The maximum atomic E-state index is 13.8. The third kappa shape index (κ3) is 4.23. The predicted molar refractivity (Wildman–Crippen MR) is 154 cm³/mol. The van der Waals surface area contributed by atoms with E-state index >= 15 is 0 Å². The number of amides is 2. The first kappa shape index (κ1) is 25.4. The fourth-order valence-corrected chi connectivity index (χ4v) is 6.34. The molecule has 2 fully saturated rings. The van der Waals surface area contributed by atoms with Gasteiger partial charge in [0.05, 0.1) is 25.5 Å². The number of benzene rings is 1. The van der Waals surface area contributed by atoms with E-state index in [0.717, 1.165) is 40.1 Å². The summed E-state index contributed by atoms with van der Waals surface area (Å²) in [5.41, 5.74) is 6.94. The van der Waals surface area contributed by atoms with Crippen LogP contribution >= 0.6 is 0 Å². The molecule has 1 radical (unpaired) electrons. The second-order valence-corrected chi connectivity index (χ2v) is 10.8. The number of carbonyl (C=O) groups is 2. The van der Waals surface area contributed by atoms with Gasteiger partial charge in [0.15, 0.2) is 0 Å². The summed E-state index contributed by atoms with van der Waals surface area (Å²) in [5, 5.41) is 0. The molecular weight excluding hydrogens is 486 g/mol. The van der Waals surface area contributed by atoms with Gasteiger partial charge >= 0.3 is 0 Å². The summed E-state index contributed by atoms with van der Waals surface area (Å²) in [5.74, 6) is 0.305. The lowest BCUT2D eigenvalue weighted by atomic mass is 9.85. The summed E-state index contributed by atoms with van der Waals surface area (Å²) in [6.45, 7) is 6.53. The Bertz CT molecular complexity index is 1430. The van der Waals surface area contributed by atoms with Gasteiger partial charge in [0.25, 0.3) is 11.8 Å². The molecule has 1 aromatic rings. The van der Waals surface area contributed by atoms with Crippen LogP contribution in [0.2, 0.25) is 0 Å². The molecule has 1 spiro atoms. The quantitative estimate of drug-likeness (QED) is 0.541. The van der Waals surface area contributed by atoms with E-state index in [0.29, 0.717) is 32.8 Å². The van der Waals surface area contributed by atoms with Gasteiger partial charge in [-0.15, -0.1) is 0 Å². The monoisotopic (exact) mass is 520 g/mol. The van der Waals surface area contributed by atoms with Crippen LogP contribution in [0, 0.1) is 18.3 Å². The molecule has 6 rings (SSSR count). The molecule has 6 nitrogen and oxygen atoms in total. The van der Waals surface area contributed by atoms with E-state index in [1.807, 2.05) is 29.2 Å². The molecule has 2 unspecified atom stereocenters. The average Bonchev–Trinajstić information content (AvgIpc) is 3.67. The number of carbonyl (C=O) groups excluding carboxylic acids is 2. The Morgan fingerprint density at radius 1 is 1.08 bits per heavy atom. The van der Waals surface area contributed by atoms with Gasteiger partial charge in [-0.3, -0.25) is 9.59 Å².